The van der Waals surface area contributed by atoms with E-state index in [0.717, 1.165) is 13.1 Å². The van der Waals surface area contributed by atoms with Gasteiger partial charge in [0.2, 0.25) is 0 Å². The van der Waals surface area contributed by atoms with Crippen LogP contribution in [0.1, 0.15) is 17.3 Å². The lowest BCUT2D eigenvalue weighted by Gasteiger charge is -2.34. The molecule has 3 rings (SSSR count). The molecule has 0 aliphatic carbocycles. The molecule has 1 aliphatic rings. The normalized spacial score (nSPS) is 16.4. The molecule has 7 nitrogen and oxygen atoms in total. The average Bonchev–Trinajstić information content (AvgIpc) is 2.72. The number of carbonyl (C=O) groups excluding carboxylic acids is 2. The maximum Gasteiger partial charge on any atom is 0.262 e. The molecule has 0 saturated carbocycles. The Labute approximate surface area is 164 Å². The summed E-state index contributed by atoms with van der Waals surface area (Å²) in [5, 5.41) is 6.03. The van der Waals surface area contributed by atoms with Crippen molar-refractivity contribution in [3.05, 3.63) is 54.1 Å². The van der Waals surface area contributed by atoms with Crippen LogP contribution in [-0.2, 0) is 4.79 Å². The van der Waals surface area contributed by atoms with Crippen LogP contribution in [0.25, 0.3) is 0 Å². The van der Waals surface area contributed by atoms with Gasteiger partial charge in [0.05, 0.1) is 7.11 Å². The van der Waals surface area contributed by atoms with Gasteiger partial charge in [0, 0.05) is 43.0 Å². The monoisotopic (exact) mass is 383 g/mol. The van der Waals surface area contributed by atoms with Crippen molar-refractivity contribution in [1.29, 1.82) is 0 Å². The largest absolute Gasteiger partial charge is 0.497 e. The van der Waals surface area contributed by atoms with Crippen LogP contribution in [0, 0.1) is 0 Å². The summed E-state index contributed by atoms with van der Waals surface area (Å²) >= 11 is 0. The molecule has 1 heterocycles. The molecule has 148 valence electrons. The van der Waals surface area contributed by atoms with Crippen molar-refractivity contribution in [2.24, 2.45) is 0 Å². The van der Waals surface area contributed by atoms with Crippen molar-refractivity contribution < 1.29 is 19.1 Å². The number of piperazine rings is 1. The number of amides is 2. The topological polar surface area (TPSA) is 79.9 Å². The van der Waals surface area contributed by atoms with Crippen LogP contribution in [0.5, 0.6) is 11.5 Å². The molecule has 2 N–H and O–H groups in total. The summed E-state index contributed by atoms with van der Waals surface area (Å²) in [6.45, 7) is 4.21. The Morgan fingerprint density at radius 3 is 2.68 bits per heavy atom. The number of hydrogen-bond donors (Lipinski definition) is 2. The molecule has 2 aromatic rings. The van der Waals surface area contributed by atoms with E-state index in [4.69, 9.17) is 9.47 Å². The zero-order valence-electron chi connectivity index (χ0n) is 16.1. The van der Waals surface area contributed by atoms with Gasteiger partial charge in [-0.15, -0.1) is 0 Å². The van der Waals surface area contributed by atoms with E-state index >= 15 is 0 Å². The first-order valence-corrected chi connectivity index (χ1v) is 9.25. The smallest absolute Gasteiger partial charge is 0.262 e. The van der Waals surface area contributed by atoms with E-state index in [2.05, 4.69) is 10.6 Å². The zero-order valence-corrected chi connectivity index (χ0v) is 16.1. The number of anilines is 1. The SMILES string of the molecule is COc1cccc(NC(=O)COc2ccc(C(=O)N3CCNC[C@@H]3C)cc2)c1. The van der Waals surface area contributed by atoms with Crippen LogP contribution in [0.4, 0.5) is 5.69 Å². The summed E-state index contributed by atoms with van der Waals surface area (Å²) in [6.07, 6.45) is 0. The van der Waals surface area contributed by atoms with Gasteiger partial charge in [0.15, 0.2) is 6.61 Å². The lowest BCUT2D eigenvalue weighted by molar-refractivity contribution is -0.118. The average molecular weight is 383 g/mol. The summed E-state index contributed by atoms with van der Waals surface area (Å²) in [4.78, 5) is 26.6. The fraction of sp³-hybridized carbons (Fsp3) is 0.333. The second-order valence-electron chi connectivity index (χ2n) is 6.64. The molecule has 0 bridgehead atoms. The zero-order chi connectivity index (χ0) is 19.9. The molecule has 2 amide bonds. The van der Waals surface area contributed by atoms with E-state index in [1.807, 2.05) is 11.8 Å². The molecule has 28 heavy (non-hydrogen) atoms. The summed E-state index contributed by atoms with van der Waals surface area (Å²) in [5.41, 5.74) is 1.25. The molecule has 7 heteroatoms. The molecule has 0 aromatic heterocycles. The standard InChI is InChI=1S/C21H25N3O4/c1-15-13-22-10-11-24(15)21(26)16-6-8-18(9-7-16)28-14-20(25)23-17-4-3-5-19(12-17)27-2/h3-9,12,15,22H,10-11,13-14H2,1-2H3,(H,23,25)/t15-/m0/s1. The van der Waals surface area contributed by atoms with Crippen molar-refractivity contribution in [3.8, 4) is 11.5 Å². The van der Waals surface area contributed by atoms with Crippen LogP contribution in [0.2, 0.25) is 0 Å². The van der Waals surface area contributed by atoms with Gasteiger partial charge in [0.25, 0.3) is 11.8 Å². The van der Waals surface area contributed by atoms with Crippen molar-refractivity contribution in [3.63, 3.8) is 0 Å². The van der Waals surface area contributed by atoms with Crippen LogP contribution in [0.3, 0.4) is 0 Å². The predicted molar refractivity (Wildman–Crippen MR) is 107 cm³/mol. The van der Waals surface area contributed by atoms with Gasteiger partial charge in [-0.3, -0.25) is 9.59 Å². The third-order valence-electron chi connectivity index (χ3n) is 4.59. The van der Waals surface area contributed by atoms with E-state index in [1.165, 1.54) is 0 Å². The first-order chi connectivity index (χ1) is 13.6. The Morgan fingerprint density at radius 1 is 1.18 bits per heavy atom. The van der Waals surface area contributed by atoms with Crippen LogP contribution < -0.4 is 20.1 Å². The molecule has 0 unspecified atom stereocenters. The van der Waals surface area contributed by atoms with Gasteiger partial charge in [0.1, 0.15) is 11.5 Å². The number of methoxy groups -OCH3 is 1. The molecule has 1 saturated heterocycles. The maximum absolute atomic E-state index is 12.6. The van der Waals surface area contributed by atoms with E-state index in [0.29, 0.717) is 29.3 Å². The summed E-state index contributed by atoms with van der Waals surface area (Å²) in [5.74, 6) is 0.933. The molecular weight excluding hydrogens is 358 g/mol. The third-order valence-corrected chi connectivity index (χ3v) is 4.59. The van der Waals surface area contributed by atoms with Gasteiger partial charge in [-0.25, -0.2) is 0 Å². The summed E-state index contributed by atoms with van der Waals surface area (Å²) in [7, 11) is 1.57. The molecular formula is C21H25N3O4. The lowest BCUT2D eigenvalue weighted by atomic mass is 10.1. The number of hydrogen-bond acceptors (Lipinski definition) is 5. The quantitative estimate of drug-likeness (QED) is 0.799. The van der Waals surface area contributed by atoms with Gasteiger partial charge >= 0.3 is 0 Å². The highest BCUT2D eigenvalue weighted by molar-refractivity contribution is 5.94. The van der Waals surface area contributed by atoms with E-state index in [1.54, 1.807) is 55.6 Å². The van der Waals surface area contributed by atoms with Crippen molar-refractivity contribution >= 4 is 17.5 Å². The van der Waals surface area contributed by atoms with Gasteiger partial charge in [-0.2, -0.15) is 0 Å². The first kappa shape index (κ1) is 19.7. The van der Waals surface area contributed by atoms with Crippen LogP contribution >= 0.6 is 0 Å². The third kappa shape index (κ3) is 5.01. The van der Waals surface area contributed by atoms with Gasteiger partial charge < -0.3 is 25.0 Å². The number of carbonyl (C=O) groups is 2. The van der Waals surface area contributed by atoms with Gasteiger partial charge in [-0.1, -0.05) is 6.07 Å². The summed E-state index contributed by atoms with van der Waals surface area (Å²) < 4.78 is 10.6. The number of nitrogens with one attached hydrogen (secondary N) is 2. The minimum absolute atomic E-state index is 0.0105. The fourth-order valence-corrected chi connectivity index (χ4v) is 3.05. The second-order valence-corrected chi connectivity index (χ2v) is 6.64. The highest BCUT2D eigenvalue weighted by Crippen LogP contribution is 2.18. The molecule has 1 fully saturated rings. The van der Waals surface area contributed by atoms with E-state index < -0.39 is 0 Å². The highest BCUT2D eigenvalue weighted by atomic mass is 16.5. The molecule has 2 aromatic carbocycles. The molecule has 0 spiro atoms. The van der Waals surface area contributed by atoms with Gasteiger partial charge in [-0.05, 0) is 43.3 Å². The maximum atomic E-state index is 12.6. The Balaban J connectivity index is 1.52. The number of benzene rings is 2. The molecule has 0 radical (unpaired) electrons. The molecule has 1 aliphatic heterocycles. The second kappa shape index (κ2) is 9.23. The number of ether oxygens (including phenoxy) is 2. The lowest BCUT2D eigenvalue weighted by Crippen LogP contribution is -2.52. The van der Waals surface area contributed by atoms with E-state index in [-0.39, 0.29) is 24.5 Å². The van der Waals surface area contributed by atoms with Crippen LogP contribution in [0.15, 0.2) is 48.5 Å². The minimum Gasteiger partial charge on any atom is -0.497 e. The van der Waals surface area contributed by atoms with Crippen molar-refractivity contribution in [2.75, 3.05) is 38.7 Å². The Morgan fingerprint density at radius 2 is 1.96 bits per heavy atom. The Hall–Kier alpha value is -3.06. The predicted octanol–water partition coefficient (Wildman–Crippen LogP) is 2.15. The minimum atomic E-state index is -0.275. The highest BCUT2D eigenvalue weighted by Gasteiger charge is 2.23. The van der Waals surface area contributed by atoms with Crippen molar-refractivity contribution in [1.82, 2.24) is 10.2 Å². The Bertz CT molecular complexity index is 823. The Kier molecular flexibility index (Phi) is 6.49. The fourth-order valence-electron chi connectivity index (χ4n) is 3.05. The van der Waals surface area contributed by atoms with Crippen LogP contribution in [-0.4, -0.2) is 56.1 Å². The number of rotatable bonds is 6. The number of nitrogens with zero attached hydrogens (tertiary/aromatic N) is 1. The van der Waals surface area contributed by atoms with Crippen molar-refractivity contribution in [2.45, 2.75) is 13.0 Å². The molecule has 1 atom stereocenters. The van der Waals surface area contributed by atoms with E-state index in [9.17, 15) is 9.59 Å². The first-order valence-electron chi connectivity index (χ1n) is 9.25. The summed E-state index contributed by atoms with van der Waals surface area (Å²) in [6, 6.07) is 14.1.